The van der Waals surface area contributed by atoms with Crippen LogP contribution >= 0.6 is 22.7 Å². The molecule has 0 radical (unpaired) electrons. The molecule has 2 N–H and O–H groups in total. The Morgan fingerprint density at radius 3 is 3.05 bits per heavy atom. The Labute approximate surface area is 132 Å². The van der Waals surface area contributed by atoms with Crippen molar-refractivity contribution in [1.29, 1.82) is 0 Å². The van der Waals surface area contributed by atoms with Crippen molar-refractivity contribution in [2.24, 2.45) is 0 Å². The van der Waals surface area contributed by atoms with Gasteiger partial charge in [-0.3, -0.25) is 4.90 Å². The largest absolute Gasteiger partial charge is 0.337 e. The van der Waals surface area contributed by atoms with Crippen LogP contribution in [0.25, 0.3) is 0 Å². The number of carbonyl (C=O) groups excluding carboxylic acids is 1. The third-order valence-corrected chi connectivity index (χ3v) is 5.50. The molecule has 21 heavy (non-hydrogen) atoms. The van der Waals surface area contributed by atoms with Gasteiger partial charge >= 0.3 is 6.03 Å². The van der Waals surface area contributed by atoms with Gasteiger partial charge in [0.25, 0.3) is 0 Å². The minimum atomic E-state index is -0.0865. The third kappa shape index (κ3) is 4.06. The number of hydrogen-bond acceptors (Lipinski definition) is 4. The average Bonchev–Trinajstić information content (AvgIpc) is 3.16. The molecular formula is C15H19N3OS2. The molecule has 2 aromatic heterocycles. The molecule has 4 nitrogen and oxygen atoms in total. The molecule has 0 bridgehead atoms. The molecule has 0 atom stereocenters. The first-order valence-electron chi connectivity index (χ1n) is 7.13. The summed E-state index contributed by atoms with van der Waals surface area (Å²) in [4.78, 5) is 16.8. The fraction of sp³-hybridized carbons (Fsp3) is 0.400. The van der Waals surface area contributed by atoms with Gasteiger partial charge in [-0.2, -0.15) is 0 Å². The number of rotatable bonds is 5. The number of hydrogen-bond donors (Lipinski definition) is 2. The molecule has 3 rings (SSSR count). The summed E-state index contributed by atoms with van der Waals surface area (Å²) in [6.45, 7) is 4.30. The maximum Gasteiger partial charge on any atom is 0.315 e. The summed E-state index contributed by atoms with van der Waals surface area (Å²) < 4.78 is 0. The van der Waals surface area contributed by atoms with Crippen LogP contribution in [-0.2, 0) is 19.5 Å². The summed E-state index contributed by atoms with van der Waals surface area (Å²) in [5.74, 6) is 0. The number of nitrogens with one attached hydrogen (secondary N) is 2. The van der Waals surface area contributed by atoms with Crippen molar-refractivity contribution in [2.45, 2.75) is 19.5 Å². The van der Waals surface area contributed by atoms with E-state index >= 15 is 0 Å². The van der Waals surface area contributed by atoms with E-state index in [4.69, 9.17) is 0 Å². The number of fused-ring (bicyclic) bond motifs is 1. The van der Waals surface area contributed by atoms with E-state index in [1.807, 2.05) is 28.8 Å². The minimum absolute atomic E-state index is 0.0865. The predicted molar refractivity (Wildman–Crippen MR) is 87.9 cm³/mol. The summed E-state index contributed by atoms with van der Waals surface area (Å²) in [5.41, 5.74) is 1.45. The lowest BCUT2D eigenvalue weighted by atomic mass is 10.1. The van der Waals surface area contributed by atoms with Crippen LogP contribution in [0.15, 0.2) is 29.0 Å². The lowest BCUT2D eigenvalue weighted by molar-refractivity contribution is 0.231. The summed E-state index contributed by atoms with van der Waals surface area (Å²) in [6.07, 6.45) is 1.14. The van der Waals surface area contributed by atoms with Crippen molar-refractivity contribution in [1.82, 2.24) is 15.5 Å². The molecule has 112 valence electrons. The second kappa shape index (κ2) is 7.06. The Hall–Kier alpha value is -1.37. The van der Waals surface area contributed by atoms with Gasteiger partial charge in [-0.25, -0.2) is 4.79 Å². The standard InChI is InChI=1S/C15H19N3OS2/c19-15(17-10-13-2-1-8-20-13)16-5-7-18-6-3-14-12(11-18)4-9-21-14/h1-2,4,8-9H,3,5-7,10-11H2,(H2,16,17,19). The fourth-order valence-corrected chi connectivity index (χ4v) is 4.00. The predicted octanol–water partition coefficient (Wildman–Crippen LogP) is 2.67. The average molecular weight is 321 g/mol. The van der Waals surface area contributed by atoms with Gasteiger partial charge in [0.05, 0.1) is 6.54 Å². The highest BCUT2D eigenvalue weighted by Gasteiger charge is 2.16. The van der Waals surface area contributed by atoms with E-state index in [1.165, 1.54) is 15.3 Å². The molecule has 0 unspecified atom stereocenters. The van der Waals surface area contributed by atoms with Crippen molar-refractivity contribution in [3.05, 3.63) is 44.3 Å². The van der Waals surface area contributed by atoms with Crippen molar-refractivity contribution < 1.29 is 4.79 Å². The van der Waals surface area contributed by atoms with E-state index in [1.54, 1.807) is 11.3 Å². The van der Waals surface area contributed by atoms with Gasteiger partial charge in [0.15, 0.2) is 0 Å². The molecule has 0 saturated carbocycles. The van der Waals surface area contributed by atoms with Crippen LogP contribution in [-0.4, -0.2) is 30.6 Å². The van der Waals surface area contributed by atoms with Gasteiger partial charge in [0.2, 0.25) is 0 Å². The van der Waals surface area contributed by atoms with Gasteiger partial charge in [-0.15, -0.1) is 22.7 Å². The first-order chi connectivity index (χ1) is 10.3. The lowest BCUT2D eigenvalue weighted by Crippen LogP contribution is -2.41. The van der Waals surface area contributed by atoms with Crippen LogP contribution in [0.4, 0.5) is 4.79 Å². The zero-order chi connectivity index (χ0) is 14.5. The summed E-state index contributed by atoms with van der Waals surface area (Å²) in [5, 5.41) is 9.99. The number of carbonyl (C=O) groups is 1. The zero-order valence-electron chi connectivity index (χ0n) is 11.8. The normalized spacial score (nSPS) is 14.7. The summed E-state index contributed by atoms with van der Waals surface area (Å²) in [6, 6.07) is 6.15. The first kappa shape index (κ1) is 14.6. The molecule has 6 heteroatoms. The van der Waals surface area contributed by atoms with Crippen molar-refractivity contribution in [3.63, 3.8) is 0 Å². The van der Waals surface area contributed by atoms with Crippen molar-refractivity contribution in [3.8, 4) is 0 Å². The quantitative estimate of drug-likeness (QED) is 0.889. The molecule has 2 amide bonds. The molecule has 1 aliphatic heterocycles. The molecule has 0 fully saturated rings. The lowest BCUT2D eigenvalue weighted by Gasteiger charge is -2.26. The van der Waals surface area contributed by atoms with E-state index < -0.39 is 0 Å². The van der Waals surface area contributed by atoms with Crippen LogP contribution in [0.1, 0.15) is 15.3 Å². The highest BCUT2D eigenvalue weighted by Crippen LogP contribution is 2.23. The monoisotopic (exact) mass is 321 g/mol. The molecule has 1 aliphatic rings. The number of amides is 2. The fourth-order valence-electron chi connectivity index (χ4n) is 2.47. The third-order valence-electron chi connectivity index (χ3n) is 3.60. The van der Waals surface area contributed by atoms with Gasteiger partial charge in [0.1, 0.15) is 0 Å². The van der Waals surface area contributed by atoms with E-state index in [-0.39, 0.29) is 6.03 Å². The van der Waals surface area contributed by atoms with Crippen LogP contribution in [0.2, 0.25) is 0 Å². The molecule has 3 heterocycles. The van der Waals surface area contributed by atoms with Crippen molar-refractivity contribution >= 4 is 28.7 Å². The molecular weight excluding hydrogens is 302 g/mol. The minimum Gasteiger partial charge on any atom is -0.337 e. The van der Waals surface area contributed by atoms with Crippen LogP contribution in [0.3, 0.4) is 0 Å². The smallest absolute Gasteiger partial charge is 0.315 e. The molecule has 0 aliphatic carbocycles. The SMILES string of the molecule is O=C(NCCN1CCc2sccc2C1)NCc1cccs1. The highest BCUT2D eigenvalue weighted by atomic mass is 32.1. The van der Waals surface area contributed by atoms with Crippen LogP contribution in [0.5, 0.6) is 0 Å². The second-order valence-electron chi connectivity index (χ2n) is 5.08. The molecule has 0 spiro atoms. The summed E-state index contributed by atoms with van der Waals surface area (Å²) in [7, 11) is 0. The maximum absolute atomic E-state index is 11.7. The van der Waals surface area contributed by atoms with E-state index in [9.17, 15) is 4.79 Å². The van der Waals surface area contributed by atoms with Crippen LogP contribution < -0.4 is 10.6 Å². The Balaban J connectivity index is 1.34. The maximum atomic E-state index is 11.7. The number of nitrogens with zero attached hydrogens (tertiary/aromatic N) is 1. The first-order valence-corrected chi connectivity index (χ1v) is 8.89. The van der Waals surface area contributed by atoms with Gasteiger partial charge in [-0.1, -0.05) is 6.07 Å². The van der Waals surface area contributed by atoms with E-state index in [0.29, 0.717) is 13.1 Å². The Kier molecular flexibility index (Phi) is 4.90. The molecule has 0 aromatic carbocycles. The zero-order valence-corrected chi connectivity index (χ0v) is 13.4. The van der Waals surface area contributed by atoms with E-state index in [0.717, 1.165) is 26.1 Å². The molecule has 0 saturated heterocycles. The molecule has 2 aromatic rings. The number of urea groups is 1. The van der Waals surface area contributed by atoms with Gasteiger partial charge in [0, 0.05) is 35.9 Å². The van der Waals surface area contributed by atoms with Gasteiger partial charge < -0.3 is 10.6 Å². The topological polar surface area (TPSA) is 44.4 Å². The van der Waals surface area contributed by atoms with E-state index in [2.05, 4.69) is 27.0 Å². The highest BCUT2D eigenvalue weighted by molar-refractivity contribution is 7.10. The Morgan fingerprint density at radius 1 is 1.24 bits per heavy atom. The Bertz CT molecular complexity index is 580. The number of thiophene rings is 2. The Morgan fingerprint density at radius 2 is 2.19 bits per heavy atom. The van der Waals surface area contributed by atoms with Gasteiger partial charge in [-0.05, 0) is 34.9 Å². The van der Waals surface area contributed by atoms with Crippen LogP contribution in [0, 0.1) is 0 Å². The van der Waals surface area contributed by atoms with Crippen molar-refractivity contribution in [2.75, 3.05) is 19.6 Å². The second-order valence-corrected chi connectivity index (χ2v) is 7.12. The summed E-state index contributed by atoms with van der Waals surface area (Å²) >= 11 is 3.51.